The average Bonchev–Trinajstić information content (AvgIpc) is 2.45. The summed E-state index contributed by atoms with van der Waals surface area (Å²) in [6, 6.07) is 8.27. The van der Waals surface area contributed by atoms with Gasteiger partial charge in [0.25, 0.3) is 0 Å². The predicted molar refractivity (Wildman–Crippen MR) is 90.2 cm³/mol. The molecule has 2 rings (SSSR count). The topological polar surface area (TPSA) is 37.4 Å². The molecule has 0 aliphatic heterocycles. The van der Waals surface area contributed by atoms with Gasteiger partial charge in [-0.05, 0) is 43.4 Å². The molecule has 120 valence electrons. The van der Waals surface area contributed by atoms with Crippen LogP contribution in [0.1, 0.15) is 46.1 Å². The van der Waals surface area contributed by atoms with E-state index in [2.05, 4.69) is 30.9 Å². The zero-order valence-electron chi connectivity index (χ0n) is 14.2. The molecule has 22 heavy (non-hydrogen) atoms. The number of nitrogens with zero attached hydrogens (tertiary/aromatic N) is 1. The highest BCUT2D eigenvalue weighted by Crippen LogP contribution is 2.35. The van der Waals surface area contributed by atoms with Crippen LogP contribution in [-0.2, 0) is 16.0 Å². The molecule has 0 radical (unpaired) electrons. The molecule has 1 aliphatic carbocycles. The van der Waals surface area contributed by atoms with Crippen LogP contribution in [0, 0.1) is 11.3 Å². The van der Waals surface area contributed by atoms with Gasteiger partial charge >= 0.3 is 0 Å². The molecule has 3 heteroatoms. The molecular formula is C19H27NO2. The van der Waals surface area contributed by atoms with Crippen molar-refractivity contribution >= 4 is 17.3 Å². The largest absolute Gasteiger partial charge is 0.372 e. The number of ketones is 2. The molecule has 1 aliphatic rings. The Hall–Kier alpha value is -1.64. The minimum absolute atomic E-state index is 0.106. The van der Waals surface area contributed by atoms with Gasteiger partial charge in [-0.15, -0.1) is 0 Å². The Labute approximate surface area is 133 Å². The van der Waals surface area contributed by atoms with Crippen LogP contribution in [-0.4, -0.2) is 24.7 Å². The third-order valence-electron chi connectivity index (χ3n) is 4.59. The van der Waals surface area contributed by atoms with Gasteiger partial charge in [0, 0.05) is 31.6 Å². The van der Waals surface area contributed by atoms with Crippen LogP contribution in [0.15, 0.2) is 24.3 Å². The van der Waals surface area contributed by atoms with E-state index >= 15 is 0 Å². The summed E-state index contributed by atoms with van der Waals surface area (Å²) in [5, 5.41) is 0. The summed E-state index contributed by atoms with van der Waals surface area (Å²) in [5.74, 6) is -0.226. The second kappa shape index (κ2) is 6.64. The summed E-state index contributed by atoms with van der Waals surface area (Å²) >= 11 is 0. The van der Waals surface area contributed by atoms with Crippen molar-refractivity contribution in [2.24, 2.45) is 11.3 Å². The lowest BCUT2D eigenvalue weighted by atomic mass is 9.70. The van der Waals surface area contributed by atoms with E-state index in [0.29, 0.717) is 19.3 Å². The Morgan fingerprint density at radius 1 is 1.00 bits per heavy atom. The molecule has 0 heterocycles. The SMILES string of the molecule is CCN(CC)c1ccc(CC2C(=O)CC(C)(C)CC2=O)cc1. The van der Waals surface area contributed by atoms with E-state index in [1.165, 1.54) is 5.69 Å². The van der Waals surface area contributed by atoms with Crippen molar-refractivity contribution in [1.29, 1.82) is 0 Å². The van der Waals surface area contributed by atoms with Crippen LogP contribution >= 0.6 is 0 Å². The highest BCUT2D eigenvalue weighted by Gasteiger charge is 2.39. The van der Waals surface area contributed by atoms with Crippen molar-refractivity contribution in [3.05, 3.63) is 29.8 Å². The maximum atomic E-state index is 12.3. The molecule has 0 unspecified atom stereocenters. The van der Waals surface area contributed by atoms with E-state index in [9.17, 15) is 9.59 Å². The molecule has 0 atom stereocenters. The molecule has 0 bridgehead atoms. The van der Waals surface area contributed by atoms with Crippen molar-refractivity contribution < 1.29 is 9.59 Å². The Bertz CT molecular complexity index is 521. The number of carbonyl (C=O) groups excluding carboxylic acids is 2. The summed E-state index contributed by atoms with van der Waals surface area (Å²) in [4.78, 5) is 26.8. The zero-order valence-corrected chi connectivity index (χ0v) is 14.2. The van der Waals surface area contributed by atoms with Gasteiger partial charge in [-0.2, -0.15) is 0 Å². The van der Waals surface area contributed by atoms with Gasteiger partial charge < -0.3 is 4.90 Å². The Morgan fingerprint density at radius 3 is 1.95 bits per heavy atom. The number of hydrogen-bond acceptors (Lipinski definition) is 3. The van der Waals surface area contributed by atoms with Crippen LogP contribution in [0.3, 0.4) is 0 Å². The first-order valence-corrected chi connectivity index (χ1v) is 8.25. The maximum Gasteiger partial charge on any atom is 0.144 e. The molecule has 0 N–H and O–H groups in total. The Morgan fingerprint density at radius 2 is 1.50 bits per heavy atom. The number of hydrogen-bond donors (Lipinski definition) is 0. The molecule has 1 aromatic carbocycles. The van der Waals surface area contributed by atoms with Gasteiger partial charge in [0.1, 0.15) is 11.6 Å². The Kier molecular flexibility index (Phi) is 5.05. The minimum Gasteiger partial charge on any atom is -0.372 e. The van der Waals surface area contributed by atoms with Gasteiger partial charge in [0.15, 0.2) is 0 Å². The number of anilines is 1. The summed E-state index contributed by atoms with van der Waals surface area (Å²) in [6.07, 6.45) is 1.58. The van der Waals surface area contributed by atoms with Crippen molar-refractivity contribution in [3.63, 3.8) is 0 Å². The number of rotatable bonds is 5. The van der Waals surface area contributed by atoms with Gasteiger partial charge in [-0.1, -0.05) is 26.0 Å². The quantitative estimate of drug-likeness (QED) is 0.779. The molecule has 0 spiro atoms. The van der Waals surface area contributed by atoms with E-state index in [0.717, 1.165) is 18.7 Å². The number of carbonyl (C=O) groups is 2. The fraction of sp³-hybridized carbons (Fsp3) is 0.579. The van der Waals surface area contributed by atoms with E-state index in [-0.39, 0.29) is 17.0 Å². The van der Waals surface area contributed by atoms with Gasteiger partial charge in [0.2, 0.25) is 0 Å². The molecule has 0 amide bonds. The molecule has 1 aromatic rings. The lowest BCUT2D eigenvalue weighted by Gasteiger charge is -2.32. The van der Waals surface area contributed by atoms with Crippen LogP contribution < -0.4 is 4.90 Å². The Balaban J connectivity index is 2.08. The second-order valence-electron chi connectivity index (χ2n) is 7.05. The first-order chi connectivity index (χ1) is 10.4. The number of Topliss-reactive ketones (excluding diaryl/α,β-unsaturated/α-hetero) is 2. The average molecular weight is 301 g/mol. The standard InChI is InChI=1S/C19H27NO2/c1-5-20(6-2)15-9-7-14(8-10-15)11-16-17(21)12-19(3,4)13-18(16)22/h7-10,16H,5-6,11-13H2,1-4H3. The fourth-order valence-electron chi connectivity index (χ4n) is 3.33. The normalized spacial score (nSPS) is 18.5. The van der Waals surface area contributed by atoms with Crippen molar-refractivity contribution in [3.8, 4) is 0 Å². The molecule has 0 aromatic heterocycles. The molecule has 1 saturated carbocycles. The minimum atomic E-state index is -0.438. The van der Waals surface area contributed by atoms with E-state index in [4.69, 9.17) is 0 Å². The van der Waals surface area contributed by atoms with E-state index in [1.807, 2.05) is 26.0 Å². The van der Waals surface area contributed by atoms with Crippen LogP contribution in [0.5, 0.6) is 0 Å². The highest BCUT2D eigenvalue weighted by molar-refractivity contribution is 6.05. The lowest BCUT2D eigenvalue weighted by Crippen LogP contribution is -2.38. The van der Waals surface area contributed by atoms with Crippen LogP contribution in [0.4, 0.5) is 5.69 Å². The molecular weight excluding hydrogens is 274 g/mol. The maximum absolute atomic E-state index is 12.3. The monoisotopic (exact) mass is 301 g/mol. The van der Waals surface area contributed by atoms with Crippen LogP contribution in [0.2, 0.25) is 0 Å². The highest BCUT2D eigenvalue weighted by atomic mass is 16.2. The van der Waals surface area contributed by atoms with E-state index < -0.39 is 5.92 Å². The van der Waals surface area contributed by atoms with Crippen LogP contribution in [0.25, 0.3) is 0 Å². The summed E-state index contributed by atoms with van der Waals surface area (Å²) in [6.45, 7) is 10.2. The summed E-state index contributed by atoms with van der Waals surface area (Å²) in [7, 11) is 0. The molecule has 0 saturated heterocycles. The molecule has 1 fully saturated rings. The number of benzene rings is 1. The zero-order chi connectivity index (χ0) is 16.3. The molecule has 3 nitrogen and oxygen atoms in total. The van der Waals surface area contributed by atoms with E-state index in [1.54, 1.807) is 0 Å². The van der Waals surface area contributed by atoms with Crippen molar-refractivity contribution in [2.75, 3.05) is 18.0 Å². The lowest BCUT2D eigenvalue weighted by molar-refractivity contribution is -0.139. The second-order valence-corrected chi connectivity index (χ2v) is 7.05. The van der Waals surface area contributed by atoms with Gasteiger partial charge in [-0.3, -0.25) is 9.59 Å². The van der Waals surface area contributed by atoms with Crippen molar-refractivity contribution in [2.45, 2.75) is 47.0 Å². The predicted octanol–water partition coefficient (Wildman–Crippen LogP) is 3.65. The van der Waals surface area contributed by atoms with Gasteiger partial charge in [-0.25, -0.2) is 0 Å². The van der Waals surface area contributed by atoms with Gasteiger partial charge in [0.05, 0.1) is 5.92 Å². The third-order valence-corrected chi connectivity index (χ3v) is 4.59. The summed E-state index contributed by atoms with van der Waals surface area (Å²) < 4.78 is 0. The first-order valence-electron chi connectivity index (χ1n) is 8.25. The fourth-order valence-corrected chi connectivity index (χ4v) is 3.33. The summed E-state index contributed by atoms with van der Waals surface area (Å²) in [5.41, 5.74) is 2.09. The first kappa shape index (κ1) is 16.7. The smallest absolute Gasteiger partial charge is 0.144 e. The third kappa shape index (κ3) is 3.76. The van der Waals surface area contributed by atoms with Crippen molar-refractivity contribution in [1.82, 2.24) is 0 Å².